The molecule has 256 valence electrons. The number of quaternary nitrogens is 1. The van der Waals surface area contributed by atoms with Crippen LogP contribution < -0.4 is 0 Å². The fraction of sp³-hybridized carbons (Fsp3) is 0.905. The van der Waals surface area contributed by atoms with E-state index in [-0.39, 0.29) is 16.8 Å². The van der Waals surface area contributed by atoms with Gasteiger partial charge in [0.1, 0.15) is 5.25 Å². The average molecular weight is 692 g/mol. The molecule has 0 rings (SSSR count). The van der Waals surface area contributed by atoms with E-state index in [2.05, 4.69) is 9.47 Å². The van der Waals surface area contributed by atoms with Crippen LogP contribution in [-0.2, 0) is 19.1 Å². The van der Waals surface area contributed by atoms with Crippen molar-refractivity contribution in [2.45, 2.75) is 72.9 Å². The topological polar surface area (TPSA) is 52.6 Å². The highest BCUT2D eigenvalue weighted by Gasteiger charge is 2.76. The summed E-state index contributed by atoms with van der Waals surface area (Å²) in [7, 11) is 4.90. The molecule has 0 aliphatic carbocycles. The summed E-state index contributed by atoms with van der Waals surface area (Å²) < 4.78 is 217. The lowest BCUT2D eigenvalue weighted by Crippen LogP contribution is -2.57. The molecule has 0 aliphatic heterocycles. The lowest BCUT2D eigenvalue weighted by molar-refractivity contribution is -0.867. The second kappa shape index (κ2) is 14.5. The number of carbonyl (C=O) groups excluding carboxylic acids is 2. The van der Waals surface area contributed by atoms with E-state index in [9.17, 15) is 79.8 Å². The summed E-state index contributed by atoms with van der Waals surface area (Å²) >= 11 is 0.510. The molecule has 0 heterocycles. The first-order chi connectivity index (χ1) is 19.0. The summed E-state index contributed by atoms with van der Waals surface area (Å²) in [5.41, 5.74) is 0. The first kappa shape index (κ1) is 41.1. The smallest absolute Gasteiger partial charge is 0.377 e. The van der Waals surface area contributed by atoms with Gasteiger partial charge >= 0.3 is 60.3 Å². The van der Waals surface area contributed by atoms with Crippen molar-refractivity contribution in [3.05, 3.63) is 0 Å². The quantitative estimate of drug-likeness (QED) is 0.0893. The molecular weight excluding hydrogens is 666 g/mol. The molecule has 22 heteroatoms. The van der Waals surface area contributed by atoms with Crippen LogP contribution in [0.15, 0.2) is 0 Å². The number of thioether (sulfide) groups is 1. The van der Waals surface area contributed by atoms with Crippen molar-refractivity contribution in [1.29, 1.82) is 0 Å². The Morgan fingerprint density at radius 2 is 1.05 bits per heavy atom. The Morgan fingerprint density at radius 3 is 1.40 bits per heavy atom. The number of esters is 2. The van der Waals surface area contributed by atoms with Crippen molar-refractivity contribution in [2.24, 2.45) is 0 Å². The Labute approximate surface area is 237 Å². The molecule has 0 aliphatic rings. The summed E-state index contributed by atoms with van der Waals surface area (Å²) in [6, 6.07) is 0. The number of carbonyl (C=O) groups is 2. The number of ether oxygens (including phenoxy) is 2. The van der Waals surface area contributed by atoms with Crippen LogP contribution in [0.1, 0.15) is 19.3 Å². The van der Waals surface area contributed by atoms with Crippen LogP contribution in [0.3, 0.4) is 0 Å². The normalized spacial score (nSPS) is 15.2. The Morgan fingerprint density at radius 1 is 0.674 bits per heavy atom. The maximum Gasteiger partial charge on any atom is 0.377 e. The molecule has 0 amide bonds. The molecule has 43 heavy (non-hydrogen) atoms. The minimum Gasteiger partial charge on any atom is -0.465 e. The summed E-state index contributed by atoms with van der Waals surface area (Å²) in [4.78, 5) is 24.3. The van der Waals surface area contributed by atoms with Crippen LogP contribution in [0.25, 0.3) is 0 Å². The van der Waals surface area contributed by atoms with E-state index in [1.54, 1.807) is 21.1 Å². The highest BCUT2D eigenvalue weighted by atomic mass is 32.2. The third-order valence-electron chi connectivity index (χ3n) is 5.34. The van der Waals surface area contributed by atoms with Crippen LogP contribution in [0.2, 0.25) is 0 Å². The highest BCUT2D eigenvalue weighted by Crippen LogP contribution is 2.51. The Kier molecular flexibility index (Phi) is 13.9. The maximum absolute atomic E-state index is 13.7. The van der Waals surface area contributed by atoms with Crippen LogP contribution >= 0.6 is 11.8 Å². The summed E-state index contributed by atoms with van der Waals surface area (Å²) in [6.07, 6.45) is -16.4. The fourth-order valence-corrected chi connectivity index (χ4v) is 4.03. The third kappa shape index (κ3) is 10.3. The first-order valence-electron chi connectivity index (χ1n) is 11.6. The monoisotopic (exact) mass is 692 g/mol. The number of hydrogen-bond acceptors (Lipinski definition) is 5. The molecule has 5 nitrogen and oxygen atoms in total. The second-order valence-corrected chi connectivity index (χ2v) is 11.2. The van der Waals surface area contributed by atoms with E-state index in [1.165, 1.54) is 0 Å². The van der Waals surface area contributed by atoms with E-state index >= 15 is 0 Å². The van der Waals surface area contributed by atoms with Gasteiger partial charge in [-0.3, -0.25) is 9.59 Å². The predicted molar refractivity (Wildman–Crippen MR) is 117 cm³/mol. The van der Waals surface area contributed by atoms with Crippen molar-refractivity contribution in [3.63, 3.8) is 0 Å². The fourth-order valence-electron chi connectivity index (χ4n) is 2.63. The van der Waals surface area contributed by atoms with Gasteiger partial charge in [0.05, 0.1) is 60.2 Å². The lowest BCUT2D eigenvalue weighted by atomic mass is 10.0. The molecule has 0 saturated carbocycles. The summed E-state index contributed by atoms with van der Waals surface area (Å²) in [5.74, 6) is -41.2. The number of hydrogen-bond donors (Lipinski definition) is 0. The molecule has 0 N–H and O–H groups in total. The number of alkyl halides is 16. The minimum atomic E-state index is -6.60. The molecule has 1 atom stereocenters. The zero-order valence-corrected chi connectivity index (χ0v) is 23.0. The van der Waals surface area contributed by atoms with Gasteiger partial charge < -0.3 is 14.0 Å². The highest BCUT2D eigenvalue weighted by molar-refractivity contribution is 8.00. The Bertz CT molecular complexity index is 927. The number of rotatable bonds is 19. The van der Waals surface area contributed by atoms with Gasteiger partial charge in [-0.2, -0.15) is 52.7 Å². The van der Waals surface area contributed by atoms with E-state index in [0.717, 1.165) is 0 Å². The summed E-state index contributed by atoms with van der Waals surface area (Å²) in [5, 5.41) is -1.82. The van der Waals surface area contributed by atoms with E-state index in [1.807, 2.05) is 0 Å². The van der Waals surface area contributed by atoms with Gasteiger partial charge in [-0.1, -0.05) is 0 Å². The van der Waals surface area contributed by atoms with Crippen molar-refractivity contribution in [2.75, 3.05) is 46.7 Å². The van der Waals surface area contributed by atoms with Crippen molar-refractivity contribution in [1.82, 2.24) is 0 Å². The van der Waals surface area contributed by atoms with Crippen LogP contribution in [0, 0.1) is 0 Å². The Hall–Kier alpha value is -1.87. The SMILES string of the molecule is C[N+](C)(C)CCSC(CC(=O)OCCC(F)(F)C(F)(F)C(F)(F)C(F)F)C(=O)OCCC(F)(F)C(F)(F)C(F)(F)C(F)F. The molecule has 0 aromatic heterocycles. The number of halogens is 16. The third-order valence-corrected chi connectivity index (χ3v) is 6.52. The first-order valence-corrected chi connectivity index (χ1v) is 12.6. The average Bonchev–Trinajstić information content (AvgIpc) is 2.81. The van der Waals surface area contributed by atoms with Crippen LogP contribution in [0.4, 0.5) is 70.2 Å². The predicted octanol–water partition coefficient (Wildman–Crippen LogP) is 6.39. The van der Waals surface area contributed by atoms with Gasteiger partial charge in [-0.15, -0.1) is 11.8 Å². The molecule has 0 bridgehead atoms. The summed E-state index contributed by atoms with van der Waals surface area (Å²) in [6.45, 7) is -3.34. The van der Waals surface area contributed by atoms with Gasteiger partial charge in [0, 0.05) is 5.75 Å². The Balaban J connectivity index is 5.44. The van der Waals surface area contributed by atoms with E-state index < -0.39 is 98.1 Å². The molecular formula is C21H26F16NO4S+. The molecule has 0 spiro atoms. The van der Waals surface area contributed by atoms with Crippen molar-refractivity contribution >= 4 is 23.7 Å². The molecule has 0 aromatic carbocycles. The van der Waals surface area contributed by atoms with Crippen LogP contribution in [-0.4, -0.2) is 117 Å². The van der Waals surface area contributed by atoms with Gasteiger partial charge in [0.25, 0.3) is 0 Å². The molecule has 0 fully saturated rings. The lowest BCUT2D eigenvalue weighted by Gasteiger charge is -2.32. The van der Waals surface area contributed by atoms with Crippen molar-refractivity contribution < 1.29 is 93.8 Å². The van der Waals surface area contributed by atoms with Crippen LogP contribution in [0.5, 0.6) is 0 Å². The number of nitrogens with zero attached hydrogens (tertiary/aromatic N) is 1. The molecule has 0 aromatic rings. The largest absolute Gasteiger partial charge is 0.465 e. The van der Waals surface area contributed by atoms with E-state index in [4.69, 9.17) is 0 Å². The standard InChI is InChI=1S/C21H26F16NO4S/c1-38(2,3)6-9-43-11(13(40)42-8-5-17(28,29)21(36,37)19(32,33)15(24)25)10-12(39)41-7-4-16(26,27)20(34,35)18(30,31)14(22)23/h11,14-15H,4-10H2,1-3H3/q+1. The van der Waals surface area contributed by atoms with Crippen molar-refractivity contribution in [3.8, 4) is 0 Å². The molecule has 1 unspecified atom stereocenters. The van der Waals surface area contributed by atoms with Gasteiger partial charge in [0.2, 0.25) is 0 Å². The van der Waals surface area contributed by atoms with E-state index in [0.29, 0.717) is 11.8 Å². The minimum absolute atomic E-state index is 0.0571. The zero-order valence-electron chi connectivity index (χ0n) is 22.2. The maximum atomic E-state index is 13.7. The van der Waals surface area contributed by atoms with Gasteiger partial charge in [-0.25, -0.2) is 17.6 Å². The molecule has 0 radical (unpaired) electrons. The zero-order chi connectivity index (χ0) is 34.5. The second-order valence-electron chi connectivity index (χ2n) is 9.87. The molecule has 0 saturated heterocycles. The van der Waals surface area contributed by atoms with Gasteiger partial charge in [-0.05, 0) is 0 Å². The van der Waals surface area contributed by atoms with Gasteiger partial charge in [0.15, 0.2) is 0 Å².